The molecule has 0 atom stereocenters. The van der Waals surface area contributed by atoms with E-state index in [1.807, 2.05) is 42.5 Å². The Morgan fingerprint density at radius 1 is 0.317 bits per heavy atom. The van der Waals surface area contributed by atoms with Gasteiger partial charge in [0.05, 0.1) is 11.4 Å². The molecular formula is C56H37Cl2NO. The molecule has 0 aliphatic carbocycles. The van der Waals surface area contributed by atoms with Gasteiger partial charge in [-0.2, -0.15) is 0 Å². The molecule has 2 nitrogen and oxygen atoms in total. The molecule has 10 aromatic carbocycles. The first kappa shape index (κ1) is 37.2. The number of halogens is 2. The summed E-state index contributed by atoms with van der Waals surface area (Å²) < 4.78 is 6.82. The highest BCUT2D eigenvalue weighted by Crippen LogP contribution is 2.50. The average molecular weight is 811 g/mol. The van der Waals surface area contributed by atoms with Crippen molar-refractivity contribution in [2.24, 2.45) is 0 Å². The van der Waals surface area contributed by atoms with E-state index in [1.54, 1.807) is 0 Å². The van der Waals surface area contributed by atoms with Crippen molar-refractivity contribution in [2.75, 3.05) is 4.90 Å². The summed E-state index contributed by atoms with van der Waals surface area (Å²) in [5.41, 5.74) is 11.6. The quantitative estimate of drug-likeness (QED) is 0.135. The molecule has 0 spiro atoms. The van der Waals surface area contributed by atoms with Crippen molar-refractivity contribution < 1.29 is 4.74 Å². The van der Waals surface area contributed by atoms with Gasteiger partial charge in [-0.05, 0) is 103 Å². The molecule has 0 aromatic heterocycles. The van der Waals surface area contributed by atoms with Crippen molar-refractivity contribution in [1.82, 2.24) is 0 Å². The fraction of sp³-hybridized carbons (Fsp3) is 0. The van der Waals surface area contributed by atoms with Crippen molar-refractivity contribution in [1.29, 1.82) is 0 Å². The minimum absolute atomic E-state index is 0.599. The molecule has 0 N–H and O–H groups in total. The standard InChI is InChI=1S/C56H37Cl2NO/c57-42-23-14-25-44(35-42)59(56-48(38-17-4-1-5-18-38)31-16-32-49(56)39-19-6-2-7-20-39)45-33-41(34-47(37-45)60-46-26-15-24-43(58)36-46)55-52-29-12-10-27-50(52)54(40-21-8-3-9-22-40)51-28-11-13-30-53(51)55/h1-37H. The predicted molar refractivity (Wildman–Crippen MR) is 254 cm³/mol. The Labute approximate surface area is 360 Å². The van der Waals surface area contributed by atoms with Crippen molar-refractivity contribution in [3.05, 3.63) is 235 Å². The van der Waals surface area contributed by atoms with E-state index in [-0.39, 0.29) is 0 Å². The Bertz CT molecular complexity index is 3030. The van der Waals surface area contributed by atoms with Gasteiger partial charge in [0.25, 0.3) is 0 Å². The Morgan fingerprint density at radius 2 is 0.783 bits per heavy atom. The molecule has 0 saturated carbocycles. The third-order valence-electron chi connectivity index (χ3n) is 11.0. The molecule has 0 fully saturated rings. The molecule has 0 unspecified atom stereocenters. The van der Waals surface area contributed by atoms with Gasteiger partial charge in [-0.3, -0.25) is 0 Å². The van der Waals surface area contributed by atoms with Crippen molar-refractivity contribution in [2.45, 2.75) is 0 Å². The van der Waals surface area contributed by atoms with Crippen LogP contribution < -0.4 is 9.64 Å². The van der Waals surface area contributed by atoms with Gasteiger partial charge in [-0.1, -0.05) is 193 Å². The van der Waals surface area contributed by atoms with Crippen LogP contribution >= 0.6 is 23.2 Å². The Hall–Kier alpha value is -7.10. The summed E-state index contributed by atoms with van der Waals surface area (Å²) in [7, 11) is 0. The van der Waals surface area contributed by atoms with E-state index in [2.05, 4.69) is 187 Å². The largest absolute Gasteiger partial charge is 0.457 e. The van der Waals surface area contributed by atoms with Crippen molar-refractivity contribution in [3.63, 3.8) is 0 Å². The Balaban J connectivity index is 1.32. The second-order valence-electron chi connectivity index (χ2n) is 14.7. The minimum Gasteiger partial charge on any atom is -0.457 e. The number of anilines is 3. The molecule has 0 bridgehead atoms. The maximum Gasteiger partial charge on any atom is 0.130 e. The van der Waals surface area contributed by atoms with E-state index in [0.29, 0.717) is 21.5 Å². The normalized spacial score (nSPS) is 11.2. The average Bonchev–Trinajstić information content (AvgIpc) is 3.29. The van der Waals surface area contributed by atoms with E-state index >= 15 is 0 Å². The third-order valence-corrected chi connectivity index (χ3v) is 11.4. The lowest BCUT2D eigenvalue weighted by atomic mass is 9.86. The van der Waals surface area contributed by atoms with Gasteiger partial charge >= 0.3 is 0 Å². The lowest BCUT2D eigenvalue weighted by molar-refractivity contribution is 0.483. The molecule has 0 aliphatic heterocycles. The number of rotatable bonds is 9. The van der Waals surface area contributed by atoms with Crippen LogP contribution in [-0.4, -0.2) is 0 Å². The van der Waals surface area contributed by atoms with Crippen LogP contribution in [0.3, 0.4) is 0 Å². The van der Waals surface area contributed by atoms with Crippen molar-refractivity contribution in [3.8, 4) is 56.0 Å². The number of fused-ring (bicyclic) bond motifs is 2. The topological polar surface area (TPSA) is 12.5 Å². The summed E-state index contributed by atoms with van der Waals surface area (Å²) in [4.78, 5) is 2.33. The van der Waals surface area contributed by atoms with Gasteiger partial charge in [0, 0.05) is 32.9 Å². The Kier molecular flexibility index (Phi) is 10.1. The van der Waals surface area contributed by atoms with Crippen LogP contribution in [0.4, 0.5) is 17.1 Å². The Morgan fingerprint density at radius 3 is 1.32 bits per heavy atom. The molecule has 0 aliphatic rings. The van der Waals surface area contributed by atoms with Crippen LogP contribution in [0, 0.1) is 0 Å². The van der Waals surface area contributed by atoms with Crippen LogP contribution in [0.2, 0.25) is 10.0 Å². The molecule has 0 heterocycles. The van der Waals surface area contributed by atoms with E-state index in [0.717, 1.165) is 61.2 Å². The smallest absolute Gasteiger partial charge is 0.130 e. The number of nitrogens with zero attached hydrogens (tertiary/aromatic N) is 1. The second-order valence-corrected chi connectivity index (χ2v) is 15.6. The van der Waals surface area contributed by atoms with Crippen LogP contribution in [-0.2, 0) is 0 Å². The lowest BCUT2D eigenvalue weighted by Crippen LogP contribution is -2.13. The van der Waals surface area contributed by atoms with Crippen molar-refractivity contribution >= 4 is 61.8 Å². The first-order valence-corrected chi connectivity index (χ1v) is 20.7. The van der Waals surface area contributed by atoms with Gasteiger partial charge in [-0.15, -0.1) is 0 Å². The van der Waals surface area contributed by atoms with Gasteiger partial charge in [0.1, 0.15) is 11.5 Å². The molecule has 10 rings (SSSR count). The van der Waals surface area contributed by atoms with Gasteiger partial charge in [0.15, 0.2) is 0 Å². The SMILES string of the molecule is Clc1cccc(Oc2cc(-c3c4ccccc4c(-c4ccccc4)c4ccccc34)cc(N(c3cccc(Cl)c3)c3c(-c4ccccc4)cccc3-c3ccccc3)c2)c1. The number of benzene rings is 10. The number of hydrogen-bond acceptors (Lipinski definition) is 2. The second kappa shape index (κ2) is 16.3. The van der Waals surface area contributed by atoms with Crippen LogP contribution in [0.5, 0.6) is 11.5 Å². The summed E-state index contributed by atoms with van der Waals surface area (Å²) in [6.45, 7) is 0. The monoisotopic (exact) mass is 809 g/mol. The molecule has 0 radical (unpaired) electrons. The molecular weight excluding hydrogens is 774 g/mol. The first-order chi connectivity index (χ1) is 29.6. The zero-order valence-electron chi connectivity index (χ0n) is 32.5. The minimum atomic E-state index is 0.599. The summed E-state index contributed by atoms with van der Waals surface area (Å²) in [6.07, 6.45) is 0. The summed E-state index contributed by atoms with van der Waals surface area (Å²) >= 11 is 13.4. The van der Waals surface area contributed by atoms with Gasteiger partial charge < -0.3 is 9.64 Å². The van der Waals surface area contributed by atoms with Gasteiger partial charge in [-0.25, -0.2) is 0 Å². The first-order valence-electron chi connectivity index (χ1n) is 20.0. The predicted octanol–water partition coefficient (Wildman–Crippen LogP) is 17.2. The summed E-state index contributed by atoms with van der Waals surface area (Å²) in [5.74, 6) is 1.30. The zero-order valence-corrected chi connectivity index (χ0v) is 34.0. The summed E-state index contributed by atoms with van der Waals surface area (Å²) in [5, 5.41) is 5.87. The highest BCUT2D eigenvalue weighted by molar-refractivity contribution is 6.31. The third kappa shape index (κ3) is 7.18. The highest BCUT2D eigenvalue weighted by Gasteiger charge is 2.25. The van der Waals surface area contributed by atoms with E-state index < -0.39 is 0 Å². The van der Waals surface area contributed by atoms with Gasteiger partial charge in [0.2, 0.25) is 0 Å². The van der Waals surface area contributed by atoms with E-state index in [9.17, 15) is 0 Å². The van der Waals surface area contributed by atoms with E-state index in [4.69, 9.17) is 27.9 Å². The fourth-order valence-corrected chi connectivity index (χ4v) is 8.81. The van der Waals surface area contributed by atoms with Crippen LogP contribution in [0.1, 0.15) is 0 Å². The lowest BCUT2D eigenvalue weighted by Gasteiger charge is -2.31. The maximum absolute atomic E-state index is 6.89. The molecule has 286 valence electrons. The van der Waals surface area contributed by atoms with Crippen LogP contribution in [0.25, 0.3) is 66.1 Å². The highest BCUT2D eigenvalue weighted by atomic mass is 35.5. The molecule has 0 amide bonds. The van der Waals surface area contributed by atoms with E-state index in [1.165, 1.54) is 21.9 Å². The van der Waals surface area contributed by atoms with Crippen LogP contribution in [0.15, 0.2) is 224 Å². The molecule has 60 heavy (non-hydrogen) atoms. The summed E-state index contributed by atoms with van der Waals surface area (Å²) in [6, 6.07) is 78.0. The fourth-order valence-electron chi connectivity index (χ4n) is 8.45. The number of hydrogen-bond donors (Lipinski definition) is 0. The molecule has 4 heteroatoms. The molecule has 10 aromatic rings. The number of ether oxygens (including phenoxy) is 1. The zero-order chi connectivity index (χ0) is 40.4. The molecule has 0 saturated heterocycles. The number of para-hydroxylation sites is 1. The maximum atomic E-state index is 6.89.